The fourth-order valence-electron chi connectivity index (χ4n) is 2.75. The molecule has 7 heteroatoms. The van der Waals surface area contributed by atoms with Gasteiger partial charge < -0.3 is 18.7 Å². The van der Waals surface area contributed by atoms with Gasteiger partial charge in [0.25, 0.3) is 0 Å². The van der Waals surface area contributed by atoms with Crippen LogP contribution in [0.15, 0.2) is 36.4 Å². The lowest BCUT2D eigenvalue weighted by molar-refractivity contribution is -0.142. The average Bonchev–Trinajstić information content (AvgIpc) is 3.07. The molecule has 124 valence electrons. The number of hydrogen-bond donors (Lipinski definition) is 0. The molecule has 3 rings (SSSR count). The summed E-state index contributed by atoms with van der Waals surface area (Å²) in [5, 5.41) is 0.623. The van der Waals surface area contributed by atoms with Gasteiger partial charge in [0.1, 0.15) is 24.6 Å². The lowest BCUT2D eigenvalue weighted by Gasteiger charge is -2.14. The Morgan fingerprint density at radius 3 is 3.13 bits per heavy atom. The van der Waals surface area contributed by atoms with Crippen LogP contribution in [0.25, 0.3) is 0 Å². The Kier molecular flexibility index (Phi) is 5.54. The Labute approximate surface area is 142 Å². The van der Waals surface area contributed by atoms with Gasteiger partial charge in [-0.3, -0.25) is 4.79 Å². The van der Waals surface area contributed by atoms with E-state index in [1.165, 1.54) is 0 Å². The molecule has 0 bridgehead atoms. The van der Waals surface area contributed by atoms with E-state index in [-0.39, 0.29) is 30.2 Å². The zero-order chi connectivity index (χ0) is 16.2. The highest BCUT2D eigenvalue weighted by atomic mass is 35.5. The molecule has 1 aromatic rings. The molecule has 2 aliphatic heterocycles. The van der Waals surface area contributed by atoms with Crippen molar-refractivity contribution in [3.63, 3.8) is 0 Å². The standard InChI is InChI=1S/C16H18ClO5P/c17-10-2-1-3-11(6-10)19-8-12(22-23)4-5-14-13-7-16(18)21-15(13)9-20-14/h1-6,12-15H,7-9,23H2/b5-4+/t12?,13-,14-,15?/m1/s1. The van der Waals surface area contributed by atoms with E-state index < -0.39 is 0 Å². The summed E-state index contributed by atoms with van der Waals surface area (Å²) < 4.78 is 21.8. The summed E-state index contributed by atoms with van der Waals surface area (Å²) in [7, 11) is 2.24. The molecule has 0 radical (unpaired) electrons. The molecule has 0 aliphatic carbocycles. The third-order valence-corrected chi connectivity index (χ3v) is 4.52. The van der Waals surface area contributed by atoms with Crippen LogP contribution in [0.1, 0.15) is 6.42 Å². The molecule has 2 saturated heterocycles. The zero-order valence-electron chi connectivity index (χ0n) is 12.4. The lowest BCUT2D eigenvalue weighted by atomic mass is 9.97. The highest BCUT2D eigenvalue weighted by Crippen LogP contribution is 2.33. The van der Waals surface area contributed by atoms with Crippen LogP contribution < -0.4 is 4.74 Å². The van der Waals surface area contributed by atoms with Crippen LogP contribution >= 0.6 is 21.1 Å². The Balaban J connectivity index is 1.53. The van der Waals surface area contributed by atoms with Crippen LogP contribution in [0, 0.1) is 5.92 Å². The van der Waals surface area contributed by atoms with Crippen molar-refractivity contribution in [3.05, 3.63) is 41.4 Å². The summed E-state index contributed by atoms with van der Waals surface area (Å²) in [6, 6.07) is 7.20. The molecule has 0 spiro atoms. The molecule has 2 fully saturated rings. The lowest BCUT2D eigenvalue weighted by Crippen LogP contribution is -2.20. The molecule has 5 nitrogen and oxygen atoms in total. The first-order chi connectivity index (χ1) is 11.2. The van der Waals surface area contributed by atoms with E-state index in [0.29, 0.717) is 30.4 Å². The molecule has 0 saturated carbocycles. The molecule has 2 heterocycles. The highest BCUT2D eigenvalue weighted by molar-refractivity contribution is 7.09. The Morgan fingerprint density at radius 2 is 2.35 bits per heavy atom. The molecular weight excluding hydrogens is 339 g/mol. The molecule has 2 aliphatic rings. The number of halogens is 1. The van der Waals surface area contributed by atoms with Gasteiger partial charge in [0.05, 0.1) is 19.1 Å². The first-order valence-corrected chi connectivity index (χ1v) is 8.24. The van der Waals surface area contributed by atoms with Crippen LogP contribution in [0.2, 0.25) is 5.02 Å². The van der Waals surface area contributed by atoms with Crippen molar-refractivity contribution in [1.29, 1.82) is 0 Å². The first-order valence-electron chi connectivity index (χ1n) is 7.39. The number of benzene rings is 1. The van der Waals surface area contributed by atoms with Gasteiger partial charge in [0.2, 0.25) is 0 Å². The Bertz CT molecular complexity index is 594. The van der Waals surface area contributed by atoms with E-state index in [1.54, 1.807) is 12.1 Å². The minimum atomic E-state index is -0.250. The minimum Gasteiger partial charge on any atom is -0.490 e. The van der Waals surface area contributed by atoms with Crippen molar-refractivity contribution in [2.45, 2.75) is 24.7 Å². The van der Waals surface area contributed by atoms with E-state index in [2.05, 4.69) is 9.47 Å². The quantitative estimate of drug-likeness (QED) is 0.446. The normalized spacial score (nSPS) is 27.9. The van der Waals surface area contributed by atoms with Crippen LogP contribution in [-0.4, -0.2) is 37.5 Å². The van der Waals surface area contributed by atoms with Gasteiger partial charge in [-0.05, 0) is 18.2 Å². The SMILES string of the molecule is O=C1C[C@H]2C(CO[C@@H]2/C=C/C(COc2cccc(Cl)c2)OP)O1. The number of carbonyl (C=O) groups excluding carboxylic acids is 1. The maximum Gasteiger partial charge on any atom is 0.306 e. The number of carbonyl (C=O) groups is 1. The van der Waals surface area contributed by atoms with Gasteiger partial charge in [-0.1, -0.05) is 29.8 Å². The zero-order valence-corrected chi connectivity index (χ0v) is 14.3. The van der Waals surface area contributed by atoms with Gasteiger partial charge in [0, 0.05) is 20.4 Å². The summed E-state index contributed by atoms with van der Waals surface area (Å²) in [5.41, 5.74) is 0. The smallest absolute Gasteiger partial charge is 0.306 e. The van der Waals surface area contributed by atoms with Crippen molar-refractivity contribution in [2.24, 2.45) is 5.92 Å². The third kappa shape index (κ3) is 4.24. The van der Waals surface area contributed by atoms with Gasteiger partial charge in [-0.2, -0.15) is 0 Å². The number of fused-ring (bicyclic) bond motifs is 1. The molecule has 0 aromatic heterocycles. The van der Waals surface area contributed by atoms with E-state index in [4.69, 9.17) is 30.3 Å². The molecule has 0 amide bonds. The van der Waals surface area contributed by atoms with Gasteiger partial charge in [0.15, 0.2) is 0 Å². The topological polar surface area (TPSA) is 54.0 Å². The summed E-state index contributed by atoms with van der Waals surface area (Å²) in [4.78, 5) is 11.3. The van der Waals surface area contributed by atoms with Crippen LogP contribution in [0.4, 0.5) is 0 Å². The number of hydrogen-bond acceptors (Lipinski definition) is 5. The molecule has 0 N–H and O–H groups in total. The second-order valence-electron chi connectivity index (χ2n) is 5.52. The van der Waals surface area contributed by atoms with E-state index in [9.17, 15) is 4.79 Å². The van der Waals surface area contributed by atoms with Gasteiger partial charge in [-0.25, -0.2) is 0 Å². The highest BCUT2D eigenvalue weighted by Gasteiger charge is 2.44. The van der Waals surface area contributed by atoms with Crippen molar-refractivity contribution in [1.82, 2.24) is 0 Å². The Hall–Kier alpha value is -1.13. The molecule has 23 heavy (non-hydrogen) atoms. The molecular formula is C16H18ClO5P. The summed E-state index contributed by atoms with van der Waals surface area (Å²) in [5.74, 6) is 0.632. The average molecular weight is 357 g/mol. The van der Waals surface area contributed by atoms with E-state index >= 15 is 0 Å². The largest absolute Gasteiger partial charge is 0.490 e. The maximum absolute atomic E-state index is 11.3. The molecule has 5 atom stereocenters. The number of ether oxygens (including phenoxy) is 3. The number of rotatable bonds is 6. The van der Waals surface area contributed by atoms with Crippen molar-refractivity contribution in [3.8, 4) is 5.75 Å². The van der Waals surface area contributed by atoms with E-state index in [1.807, 2.05) is 24.3 Å². The van der Waals surface area contributed by atoms with Gasteiger partial charge >= 0.3 is 5.97 Å². The van der Waals surface area contributed by atoms with Crippen LogP contribution in [0.3, 0.4) is 0 Å². The van der Waals surface area contributed by atoms with E-state index in [0.717, 1.165) is 0 Å². The third-order valence-electron chi connectivity index (χ3n) is 3.94. The number of esters is 1. The second kappa shape index (κ2) is 7.63. The Morgan fingerprint density at radius 1 is 1.48 bits per heavy atom. The summed E-state index contributed by atoms with van der Waals surface area (Å²) >= 11 is 5.92. The first kappa shape index (κ1) is 16.7. The predicted molar refractivity (Wildman–Crippen MR) is 88.4 cm³/mol. The second-order valence-corrected chi connectivity index (χ2v) is 6.23. The predicted octanol–water partition coefficient (Wildman–Crippen LogP) is 2.78. The van der Waals surface area contributed by atoms with Crippen molar-refractivity contribution >= 4 is 27.0 Å². The van der Waals surface area contributed by atoms with Crippen LogP contribution in [-0.2, 0) is 18.8 Å². The molecule has 1 aromatic carbocycles. The van der Waals surface area contributed by atoms with Crippen molar-refractivity contribution in [2.75, 3.05) is 13.2 Å². The summed E-state index contributed by atoms with van der Waals surface area (Å²) in [6.07, 6.45) is 3.72. The maximum atomic E-state index is 11.3. The van der Waals surface area contributed by atoms with Crippen molar-refractivity contribution < 1.29 is 23.5 Å². The van der Waals surface area contributed by atoms with Crippen LogP contribution in [0.5, 0.6) is 5.75 Å². The fraction of sp³-hybridized carbons (Fsp3) is 0.438. The fourth-order valence-corrected chi connectivity index (χ4v) is 3.10. The van der Waals surface area contributed by atoms with Gasteiger partial charge in [-0.15, -0.1) is 0 Å². The molecule has 3 unspecified atom stereocenters. The summed E-state index contributed by atoms with van der Waals surface area (Å²) in [6.45, 7) is 0.799. The monoisotopic (exact) mass is 356 g/mol. The minimum absolute atomic E-state index is 0.0951.